The second kappa shape index (κ2) is 7.90. The average molecular weight is 436 g/mol. The van der Waals surface area contributed by atoms with Crippen molar-refractivity contribution in [1.82, 2.24) is 15.3 Å². The highest BCUT2D eigenvalue weighted by molar-refractivity contribution is 7.18. The van der Waals surface area contributed by atoms with Gasteiger partial charge < -0.3 is 10.1 Å². The van der Waals surface area contributed by atoms with E-state index in [0.29, 0.717) is 0 Å². The number of nitrogens with zero attached hydrogens (tertiary/aromatic N) is 3. The number of hydrogen-bond acceptors (Lipinski definition) is 6. The Hall–Kier alpha value is -2.62. The largest absolute Gasteiger partial charge is 0.485 e. The number of thiazole rings is 1. The molecular weight excluding hydrogens is 414 g/mol. The van der Waals surface area contributed by atoms with Gasteiger partial charge in [0.25, 0.3) is 5.91 Å². The summed E-state index contributed by atoms with van der Waals surface area (Å²) in [6.07, 6.45) is 6.66. The second-order valence-electron chi connectivity index (χ2n) is 7.80. The monoisotopic (exact) mass is 436 g/mol. The maximum Gasteiger partial charge on any atom is 0.275 e. The fraction of sp³-hybridized carbons (Fsp3) is 0.500. The molecule has 0 aliphatic heterocycles. The van der Waals surface area contributed by atoms with E-state index in [0.717, 1.165) is 54.1 Å². The number of rotatable bonds is 5. The standard InChI is InChI=1S/C20H22F2N4O3S/c1-11(27)26(12-9-14(21)24-15(22)10-12)19-25-16(18(29-2)30-19)17(28)23-13-5-8-20(13)6-3-4-7-20/h9-10,13H,3-8H2,1-2H3,(H,23,28). The highest BCUT2D eigenvalue weighted by Gasteiger charge is 2.49. The van der Waals surface area contributed by atoms with Gasteiger partial charge in [-0.25, -0.2) is 4.98 Å². The number of carbonyl (C=O) groups is 2. The van der Waals surface area contributed by atoms with Crippen molar-refractivity contribution in [1.29, 1.82) is 0 Å². The molecule has 0 saturated heterocycles. The van der Waals surface area contributed by atoms with Crippen LogP contribution in [-0.4, -0.2) is 34.9 Å². The smallest absolute Gasteiger partial charge is 0.275 e. The number of halogens is 2. The van der Waals surface area contributed by atoms with E-state index in [-0.39, 0.29) is 38.9 Å². The van der Waals surface area contributed by atoms with Gasteiger partial charge in [-0.1, -0.05) is 24.2 Å². The van der Waals surface area contributed by atoms with Crippen molar-refractivity contribution in [2.24, 2.45) is 5.41 Å². The lowest BCUT2D eigenvalue weighted by Gasteiger charge is -2.47. The molecule has 2 fully saturated rings. The number of ether oxygens (including phenoxy) is 1. The molecule has 1 N–H and O–H groups in total. The summed E-state index contributed by atoms with van der Waals surface area (Å²) < 4.78 is 32.5. The van der Waals surface area contributed by atoms with Crippen molar-refractivity contribution < 1.29 is 23.1 Å². The molecule has 160 valence electrons. The minimum atomic E-state index is -1.07. The number of carbonyl (C=O) groups excluding carboxylic acids is 2. The number of anilines is 2. The van der Waals surface area contributed by atoms with Gasteiger partial charge in [0.1, 0.15) is 0 Å². The number of nitrogens with one attached hydrogen (secondary N) is 1. The maximum atomic E-state index is 13.6. The quantitative estimate of drug-likeness (QED) is 0.717. The Morgan fingerprint density at radius 2 is 1.87 bits per heavy atom. The minimum Gasteiger partial charge on any atom is -0.485 e. The average Bonchev–Trinajstić information content (AvgIpc) is 3.33. The van der Waals surface area contributed by atoms with Crippen LogP contribution in [0.3, 0.4) is 0 Å². The van der Waals surface area contributed by atoms with Crippen LogP contribution in [0.15, 0.2) is 12.1 Å². The predicted octanol–water partition coefficient (Wildman–Crippen LogP) is 3.96. The normalized spacial score (nSPS) is 19.4. The molecule has 1 atom stereocenters. The Morgan fingerprint density at radius 1 is 1.20 bits per heavy atom. The predicted molar refractivity (Wildman–Crippen MR) is 107 cm³/mol. The van der Waals surface area contributed by atoms with Crippen molar-refractivity contribution in [3.05, 3.63) is 29.7 Å². The first-order valence-corrected chi connectivity index (χ1v) is 10.6. The highest BCUT2D eigenvalue weighted by Crippen LogP contribution is 2.53. The first kappa shape index (κ1) is 20.6. The Morgan fingerprint density at radius 3 is 2.40 bits per heavy atom. The van der Waals surface area contributed by atoms with Crippen LogP contribution in [0, 0.1) is 17.3 Å². The molecule has 7 nitrogen and oxygen atoms in total. The molecule has 0 radical (unpaired) electrons. The molecule has 2 aliphatic carbocycles. The first-order chi connectivity index (χ1) is 14.3. The van der Waals surface area contributed by atoms with E-state index in [9.17, 15) is 18.4 Å². The summed E-state index contributed by atoms with van der Waals surface area (Å²) in [5.74, 6) is -3.03. The van der Waals surface area contributed by atoms with Crippen LogP contribution < -0.4 is 15.0 Å². The summed E-state index contributed by atoms with van der Waals surface area (Å²) in [5, 5.41) is 3.38. The van der Waals surface area contributed by atoms with E-state index in [1.165, 1.54) is 26.9 Å². The van der Waals surface area contributed by atoms with Gasteiger partial charge >= 0.3 is 0 Å². The van der Waals surface area contributed by atoms with E-state index in [1.807, 2.05) is 0 Å². The van der Waals surface area contributed by atoms with Crippen molar-refractivity contribution in [2.75, 3.05) is 12.0 Å². The zero-order valence-electron chi connectivity index (χ0n) is 16.7. The fourth-order valence-electron chi connectivity index (χ4n) is 4.51. The van der Waals surface area contributed by atoms with Gasteiger partial charge in [-0.3, -0.25) is 14.5 Å². The number of aromatic nitrogens is 2. The van der Waals surface area contributed by atoms with Crippen LogP contribution in [0.2, 0.25) is 0 Å². The molecule has 2 amide bonds. The topological polar surface area (TPSA) is 84.4 Å². The Labute approximate surface area is 176 Å². The molecule has 30 heavy (non-hydrogen) atoms. The summed E-state index contributed by atoms with van der Waals surface area (Å²) >= 11 is 0.953. The van der Waals surface area contributed by atoms with Gasteiger partial charge in [0, 0.05) is 25.1 Å². The molecule has 0 bridgehead atoms. The number of pyridine rings is 1. The number of amides is 2. The molecule has 1 spiro atoms. The summed E-state index contributed by atoms with van der Waals surface area (Å²) in [6.45, 7) is 1.24. The Balaban J connectivity index is 1.62. The van der Waals surface area contributed by atoms with Crippen LogP contribution in [0.25, 0.3) is 0 Å². The van der Waals surface area contributed by atoms with E-state index in [2.05, 4.69) is 15.3 Å². The van der Waals surface area contributed by atoms with Crippen molar-refractivity contribution in [2.45, 2.75) is 51.5 Å². The van der Waals surface area contributed by atoms with Gasteiger partial charge in [-0.15, -0.1) is 0 Å². The maximum absolute atomic E-state index is 13.6. The molecule has 1 unspecified atom stereocenters. The highest BCUT2D eigenvalue weighted by atomic mass is 32.1. The van der Waals surface area contributed by atoms with Crippen LogP contribution in [0.5, 0.6) is 5.06 Å². The molecule has 2 aromatic heterocycles. The van der Waals surface area contributed by atoms with Gasteiger partial charge in [-0.2, -0.15) is 13.8 Å². The summed E-state index contributed by atoms with van der Waals surface area (Å²) in [4.78, 5) is 33.5. The molecule has 2 aromatic rings. The zero-order valence-corrected chi connectivity index (χ0v) is 17.5. The minimum absolute atomic E-state index is 0.0544. The molecule has 10 heteroatoms. The molecule has 2 saturated carbocycles. The van der Waals surface area contributed by atoms with Gasteiger partial charge in [0.2, 0.25) is 28.0 Å². The van der Waals surface area contributed by atoms with Gasteiger partial charge in [0.05, 0.1) is 12.8 Å². The molecular formula is C20H22F2N4O3S. The van der Waals surface area contributed by atoms with E-state index in [1.54, 1.807) is 0 Å². The van der Waals surface area contributed by atoms with Crippen LogP contribution in [0.1, 0.15) is 55.9 Å². The summed E-state index contributed by atoms with van der Waals surface area (Å²) in [6, 6.07) is 1.96. The Kier molecular flexibility index (Phi) is 5.44. The fourth-order valence-corrected chi connectivity index (χ4v) is 5.45. The van der Waals surface area contributed by atoms with Crippen molar-refractivity contribution in [3.63, 3.8) is 0 Å². The third kappa shape index (κ3) is 3.64. The molecule has 4 rings (SSSR count). The second-order valence-corrected chi connectivity index (χ2v) is 8.74. The van der Waals surface area contributed by atoms with Gasteiger partial charge in [0.15, 0.2) is 5.69 Å². The summed E-state index contributed by atoms with van der Waals surface area (Å²) in [5.41, 5.74) is 0.178. The lowest BCUT2D eigenvalue weighted by atomic mass is 9.63. The SMILES string of the molecule is COc1sc(N(C(C)=O)c2cc(F)nc(F)c2)nc1C(=O)NC1CCC12CCCC2. The molecule has 2 aliphatic rings. The van der Waals surface area contributed by atoms with E-state index < -0.39 is 17.8 Å². The lowest BCUT2D eigenvalue weighted by Crippen LogP contribution is -2.53. The molecule has 2 heterocycles. The first-order valence-electron chi connectivity index (χ1n) is 9.82. The molecule has 0 aromatic carbocycles. The third-order valence-corrected chi connectivity index (χ3v) is 7.07. The van der Waals surface area contributed by atoms with Crippen molar-refractivity contribution in [3.8, 4) is 5.06 Å². The van der Waals surface area contributed by atoms with E-state index in [4.69, 9.17) is 4.74 Å². The third-order valence-electron chi connectivity index (χ3n) is 6.07. The van der Waals surface area contributed by atoms with Crippen LogP contribution in [0.4, 0.5) is 19.6 Å². The van der Waals surface area contributed by atoms with Crippen LogP contribution in [-0.2, 0) is 4.79 Å². The Bertz CT molecular complexity index is 970. The number of hydrogen-bond donors (Lipinski definition) is 1. The lowest BCUT2D eigenvalue weighted by molar-refractivity contribution is -0.115. The van der Waals surface area contributed by atoms with Gasteiger partial charge in [-0.05, 0) is 31.1 Å². The number of methoxy groups -OCH3 is 1. The summed E-state index contributed by atoms with van der Waals surface area (Å²) in [7, 11) is 1.40. The zero-order chi connectivity index (χ0) is 21.5. The van der Waals surface area contributed by atoms with E-state index >= 15 is 0 Å². The van der Waals surface area contributed by atoms with Crippen molar-refractivity contribution >= 4 is 34.0 Å². The van der Waals surface area contributed by atoms with Crippen LogP contribution >= 0.6 is 11.3 Å².